The van der Waals surface area contributed by atoms with Gasteiger partial charge in [0.2, 0.25) is 0 Å². The second-order valence-electron chi connectivity index (χ2n) is 3.24. The highest BCUT2D eigenvalue weighted by atomic mass is 35.5. The highest BCUT2D eigenvalue weighted by Gasteiger charge is 2.06. The molecule has 0 saturated heterocycles. The summed E-state index contributed by atoms with van der Waals surface area (Å²) in [7, 11) is 1.55. The molecule has 0 aromatic heterocycles. The minimum absolute atomic E-state index is 0.459. The molecule has 1 aromatic carbocycles. The Morgan fingerprint density at radius 3 is 2.25 bits per heavy atom. The van der Waals surface area contributed by atoms with Gasteiger partial charge >= 0.3 is 0 Å². The van der Waals surface area contributed by atoms with Crippen molar-refractivity contribution < 1.29 is 14.2 Å². The molecular formula is C12H17ClO3. The number of ether oxygens (including phenoxy) is 3. The van der Waals surface area contributed by atoms with Crippen LogP contribution < -0.4 is 0 Å². The van der Waals surface area contributed by atoms with Crippen molar-refractivity contribution in [2.45, 2.75) is 25.9 Å². The third-order valence-electron chi connectivity index (χ3n) is 2.06. The maximum absolute atomic E-state index is 5.70. The summed E-state index contributed by atoms with van der Waals surface area (Å²) in [4.78, 5) is 0. The van der Waals surface area contributed by atoms with E-state index in [0.717, 1.165) is 11.1 Å². The summed E-state index contributed by atoms with van der Waals surface area (Å²) in [5.41, 5.74) is 2.16. The Balaban J connectivity index is 2.40. The van der Waals surface area contributed by atoms with E-state index in [2.05, 4.69) is 0 Å². The lowest BCUT2D eigenvalue weighted by atomic mass is 10.2. The summed E-state index contributed by atoms with van der Waals surface area (Å²) in [5.74, 6) is 0.529. The first kappa shape index (κ1) is 13.5. The van der Waals surface area contributed by atoms with Crippen LogP contribution in [0.3, 0.4) is 0 Å². The van der Waals surface area contributed by atoms with Gasteiger partial charge in [0.25, 0.3) is 6.48 Å². The molecule has 0 amide bonds. The first-order chi connectivity index (χ1) is 7.80. The van der Waals surface area contributed by atoms with E-state index in [1.54, 1.807) is 7.11 Å². The monoisotopic (exact) mass is 244 g/mol. The number of methoxy groups -OCH3 is 1. The normalized spacial score (nSPS) is 12.7. The van der Waals surface area contributed by atoms with Crippen LogP contribution in [0.5, 0.6) is 0 Å². The van der Waals surface area contributed by atoms with Crippen LogP contribution in [0.2, 0.25) is 0 Å². The lowest BCUT2D eigenvalue weighted by Crippen LogP contribution is -2.19. The van der Waals surface area contributed by atoms with Crippen LogP contribution in [-0.4, -0.2) is 20.2 Å². The first-order valence-corrected chi connectivity index (χ1v) is 5.73. The molecule has 0 fully saturated rings. The Morgan fingerprint density at radius 2 is 1.75 bits per heavy atom. The van der Waals surface area contributed by atoms with E-state index in [1.165, 1.54) is 0 Å². The largest absolute Gasteiger partial charge is 0.333 e. The minimum atomic E-state index is -0.599. The summed E-state index contributed by atoms with van der Waals surface area (Å²) >= 11 is 5.70. The van der Waals surface area contributed by atoms with Crippen molar-refractivity contribution in [1.29, 1.82) is 0 Å². The van der Waals surface area contributed by atoms with Gasteiger partial charge in [-0.1, -0.05) is 24.3 Å². The van der Waals surface area contributed by atoms with Gasteiger partial charge in [-0.05, 0) is 18.1 Å². The molecule has 90 valence electrons. The molecule has 0 N–H and O–H groups in total. The number of rotatable bonds is 7. The zero-order chi connectivity index (χ0) is 11.8. The third kappa shape index (κ3) is 4.49. The van der Waals surface area contributed by atoms with Crippen LogP contribution >= 0.6 is 11.6 Å². The van der Waals surface area contributed by atoms with Crippen molar-refractivity contribution in [2.75, 3.05) is 13.7 Å². The molecule has 0 aliphatic heterocycles. The Hall–Kier alpha value is -0.610. The number of alkyl halides is 1. The van der Waals surface area contributed by atoms with Crippen LogP contribution in [-0.2, 0) is 26.7 Å². The molecular weight excluding hydrogens is 228 g/mol. The molecule has 0 spiro atoms. The van der Waals surface area contributed by atoms with Crippen molar-refractivity contribution >= 4 is 11.6 Å². The van der Waals surface area contributed by atoms with E-state index in [0.29, 0.717) is 19.1 Å². The molecule has 0 aliphatic rings. The Morgan fingerprint density at radius 1 is 1.12 bits per heavy atom. The van der Waals surface area contributed by atoms with E-state index < -0.39 is 6.48 Å². The molecule has 0 bridgehead atoms. The zero-order valence-electron chi connectivity index (χ0n) is 9.61. The molecule has 0 aliphatic carbocycles. The lowest BCUT2D eigenvalue weighted by molar-refractivity contribution is -0.280. The third-order valence-corrected chi connectivity index (χ3v) is 2.37. The fourth-order valence-electron chi connectivity index (χ4n) is 1.21. The molecule has 0 saturated carbocycles. The molecule has 1 atom stereocenters. The fourth-order valence-corrected chi connectivity index (χ4v) is 1.39. The van der Waals surface area contributed by atoms with Crippen LogP contribution in [0.1, 0.15) is 18.1 Å². The number of benzene rings is 1. The summed E-state index contributed by atoms with van der Waals surface area (Å²) in [6, 6.07) is 7.93. The van der Waals surface area contributed by atoms with Crippen molar-refractivity contribution in [1.82, 2.24) is 0 Å². The van der Waals surface area contributed by atoms with Crippen molar-refractivity contribution in [2.24, 2.45) is 0 Å². The van der Waals surface area contributed by atoms with E-state index in [9.17, 15) is 0 Å². The number of halogens is 1. The predicted octanol–water partition coefficient (Wildman–Crippen LogP) is 2.91. The molecule has 0 heterocycles. The maximum atomic E-state index is 5.70. The Labute approximate surface area is 101 Å². The molecule has 4 heteroatoms. The lowest BCUT2D eigenvalue weighted by Gasteiger charge is -2.15. The topological polar surface area (TPSA) is 27.7 Å². The summed E-state index contributed by atoms with van der Waals surface area (Å²) in [6.45, 7) is 2.31. The fraction of sp³-hybridized carbons (Fsp3) is 0.500. The van der Waals surface area contributed by atoms with Crippen LogP contribution in [0.25, 0.3) is 0 Å². The molecule has 1 unspecified atom stereocenters. The van der Waals surface area contributed by atoms with Crippen molar-refractivity contribution in [3.8, 4) is 0 Å². The Kier molecular flexibility index (Phi) is 6.42. The van der Waals surface area contributed by atoms with Gasteiger partial charge < -0.3 is 14.2 Å². The second-order valence-corrected chi connectivity index (χ2v) is 3.51. The molecule has 1 aromatic rings. The average molecular weight is 245 g/mol. The average Bonchev–Trinajstić information content (AvgIpc) is 2.35. The second kappa shape index (κ2) is 7.63. The van der Waals surface area contributed by atoms with Crippen molar-refractivity contribution in [3.05, 3.63) is 35.4 Å². The highest BCUT2D eigenvalue weighted by molar-refractivity contribution is 6.17. The van der Waals surface area contributed by atoms with Gasteiger partial charge in [0, 0.05) is 19.6 Å². The number of hydrogen-bond donors (Lipinski definition) is 0. The van der Waals surface area contributed by atoms with Crippen molar-refractivity contribution in [3.63, 3.8) is 0 Å². The molecule has 3 nitrogen and oxygen atoms in total. The van der Waals surface area contributed by atoms with E-state index in [-0.39, 0.29) is 0 Å². The highest BCUT2D eigenvalue weighted by Crippen LogP contribution is 2.09. The summed E-state index contributed by atoms with van der Waals surface area (Å²) in [6.07, 6.45) is 0. The first-order valence-electron chi connectivity index (χ1n) is 5.20. The summed E-state index contributed by atoms with van der Waals surface area (Å²) in [5, 5.41) is 0. The van der Waals surface area contributed by atoms with Gasteiger partial charge in [0.15, 0.2) is 0 Å². The smallest absolute Gasteiger partial charge is 0.271 e. The SMILES string of the molecule is CCOC(OC)OCc1ccc(CCl)cc1. The molecule has 0 radical (unpaired) electrons. The van der Waals surface area contributed by atoms with Crippen LogP contribution in [0, 0.1) is 0 Å². The summed E-state index contributed by atoms with van der Waals surface area (Å²) < 4.78 is 15.6. The van der Waals surface area contributed by atoms with Crippen LogP contribution in [0.15, 0.2) is 24.3 Å². The number of hydrogen-bond acceptors (Lipinski definition) is 3. The van der Waals surface area contributed by atoms with Gasteiger partial charge in [0.1, 0.15) is 0 Å². The van der Waals surface area contributed by atoms with Gasteiger partial charge in [-0.15, -0.1) is 11.6 Å². The van der Waals surface area contributed by atoms with E-state index >= 15 is 0 Å². The maximum Gasteiger partial charge on any atom is 0.271 e. The van der Waals surface area contributed by atoms with Gasteiger partial charge in [-0.25, -0.2) is 0 Å². The van der Waals surface area contributed by atoms with E-state index in [4.69, 9.17) is 25.8 Å². The quantitative estimate of drug-likeness (QED) is 0.545. The molecule has 16 heavy (non-hydrogen) atoms. The van der Waals surface area contributed by atoms with Gasteiger partial charge in [-0.3, -0.25) is 0 Å². The van der Waals surface area contributed by atoms with E-state index in [1.807, 2.05) is 31.2 Å². The zero-order valence-corrected chi connectivity index (χ0v) is 10.4. The Bertz CT molecular complexity index is 287. The van der Waals surface area contributed by atoms with Gasteiger partial charge in [0.05, 0.1) is 6.61 Å². The molecule has 1 rings (SSSR count). The van der Waals surface area contributed by atoms with Gasteiger partial charge in [-0.2, -0.15) is 0 Å². The van der Waals surface area contributed by atoms with Crippen LogP contribution in [0.4, 0.5) is 0 Å². The standard InChI is InChI=1S/C12H17ClO3/c1-3-15-12(14-2)16-9-11-6-4-10(8-13)5-7-11/h4-7,12H,3,8-9H2,1-2H3. The predicted molar refractivity (Wildman–Crippen MR) is 63.2 cm³/mol. The minimum Gasteiger partial charge on any atom is -0.333 e.